The third-order valence-electron chi connectivity index (χ3n) is 4.31. The highest BCUT2D eigenvalue weighted by Crippen LogP contribution is 2.23. The first kappa shape index (κ1) is 22.4. The van der Waals surface area contributed by atoms with Gasteiger partial charge in [0, 0.05) is 26.9 Å². The van der Waals surface area contributed by atoms with Crippen LogP contribution < -0.4 is 10.6 Å². The van der Waals surface area contributed by atoms with Crippen molar-refractivity contribution in [2.24, 2.45) is 0 Å². The zero-order valence-electron chi connectivity index (χ0n) is 16.5. The van der Waals surface area contributed by atoms with Crippen LogP contribution in [0.5, 0.6) is 0 Å². The lowest BCUT2D eigenvalue weighted by Gasteiger charge is -2.10. The van der Waals surface area contributed by atoms with E-state index in [1.54, 1.807) is 55.5 Å². The number of anilines is 2. The molecule has 3 N–H and O–H groups in total. The first-order valence-corrected chi connectivity index (χ1v) is 10.6. The molecule has 8 heteroatoms. The van der Waals surface area contributed by atoms with E-state index in [0.717, 1.165) is 10.5 Å². The minimum Gasteiger partial charge on any atom is -0.478 e. The number of aryl methyl sites for hydroxylation is 1. The van der Waals surface area contributed by atoms with Gasteiger partial charge in [0.05, 0.1) is 11.3 Å². The Morgan fingerprint density at radius 1 is 0.935 bits per heavy atom. The molecule has 0 radical (unpaired) electrons. The predicted molar refractivity (Wildman–Crippen MR) is 123 cm³/mol. The fourth-order valence-electron chi connectivity index (χ4n) is 2.72. The molecular weight excluding hydrogens is 436 g/mol. The summed E-state index contributed by atoms with van der Waals surface area (Å²) >= 11 is 7.23. The molecule has 0 spiro atoms. The predicted octanol–water partition coefficient (Wildman–Crippen LogP) is 5.33. The lowest BCUT2D eigenvalue weighted by molar-refractivity contribution is -0.113. The van der Waals surface area contributed by atoms with E-state index in [2.05, 4.69) is 10.6 Å². The van der Waals surface area contributed by atoms with Gasteiger partial charge in [-0.3, -0.25) is 9.59 Å². The van der Waals surface area contributed by atoms with Gasteiger partial charge in [0.25, 0.3) is 5.91 Å². The minimum atomic E-state index is -1.05. The summed E-state index contributed by atoms with van der Waals surface area (Å²) in [6.07, 6.45) is 0. The topological polar surface area (TPSA) is 95.5 Å². The Balaban J connectivity index is 1.60. The molecule has 2 amide bonds. The zero-order chi connectivity index (χ0) is 22.4. The van der Waals surface area contributed by atoms with Gasteiger partial charge in [-0.25, -0.2) is 4.79 Å². The van der Waals surface area contributed by atoms with E-state index in [9.17, 15) is 14.4 Å². The van der Waals surface area contributed by atoms with Gasteiger partial charge in [-0.1, -0.05) is 29.8 Å². The molecule has 3 rings (SSSR count). The van der Waals surface area contributed by atoms with E-state index in [-0.39, 0.29) is 23.1 Å². The summed E-state index contributed by atoms with van der Waals surface area (Å²) in [5.41, 5.74) is 2.39. The molecule has 0 atom stereocenters. The van der Waals surface area contributed by atoms with Crippen molar-refractivity contribution in [3.05, 3.63) is 88.4 Å². The van der Waals surface area contributed by atoms with E-state index in [4.69, 9.17) is 16.7 Å². The van der Waals surface area contributed by atoms with Crippen LogP contribution in [0, 0.1) is 6.92 Å². The minimum absolute atomic E-state index is 0.108. The number of nitrogens with one attached hydrogen (secondary N) is 2. The summed E-state index contributed by atoms with van der Waals surface area (Å²) < 4.78 is 0. The van der Waals surface area contributed by atoms with E-state index in [1.807, 2.05) is 6.07 Å². The Kier molecular flexibility index (Phi) is 7.33. The van der Waals surface area contributed by atoms with Crippen LogP contribution in [0.1, 0.15) is 26.3 Å². The third-order valence-corrected chi connectivity index (χ3v) is 5.54. The second kappa shape index (κ2) is 10.1. The largest absolute Gasteiger partial charge is 0.478 e. The van der Waals surface area contributed by atoms with Crippen LogP contribution >= 0.6 is 23.4 Å². The molecule has 0 aliphatic carbocycles. The Labute approximate surface area is 188 Å². The van der Waals surface area contributed by atoms with Gasteiger partial charge in [-0.2, -0.15) is 0 Å². The SMILES string of the molecule is Cc1ccc(C(=O)O)cc1NC(=O)CSc1cccc(NC(=O)c2cccc(Cl)c2)c1. The lowest BCUT2D eigenvalue weighted by atomic mass is 10.1. The molecule has 0 saturated heterocycles. The normalized spacial score (nSPS) is 10.4. The van der Waals surface area contributed by atoms with E-state index < -0.39 is 5.97 Å². The van der Waals surface area contributed by atoms with Gasteiger partial charge in [-0.05, 0) is 61.0 Å². The van der Waals surface area contributed by atoms with Crippen molar-refractivity contribution in [1.29, 1.82) is 0 Å². The van der Waals surface area contributed by atoms with Gasteiger partial charge in [-0.15, -0.1) is 11.8 Å². The standard InChI is InChI=1S/C23H19ClN2O4S/c1-14-8-9-16(23(29)30)11-20(14)26-21(27)13-31-19-7-3-6-18(12-19)25-22(28)15-4-2-5-17(24)10-15/h2-12H,13H2,1H3,(H,25,28)(H,26,27)(H,29,30). The summed E-state index contributed by atoms with van der Waals surface area (Å²) in [6, 6.07) is 18.4. The number of aromatic carboxylic acids is 1. The van der Waals surface area contributed by atoms with Gasteiger partial charge in [0.2, 0.25) is 5.91 Å². The number of amides is 2. The molecule has 0 aliphatic heterocycles. The Morgan fingerprint density at radius 3 is 2.45 bits per heavy atom. The van der Waals surface area contributed by atoms with Crippen LogP contribution in [0.4, 0.5) is 11.4 Å². The van der Waals surface area contributed by atoms with Crippen molar-refractivity contribution in [3.63, 3.8) is 0 Å². The van der Waals surface area contributed by atoms with Crippen molar-refractivity contribution in [1.82, 2.24) is 0 Å². The highest BCUT2D eigenvalue weighted by molar-refractivity contribution is 8.00. The number of carboxylic acid groups (broad SMARTS) is 1. The summed E-state index contributed by atoms with van der Waals surface area (Å²) in [4.78, 5) is 36.6. The Bertz CT molecular complexity index is 1150. The molecule has 0 saturated carbocycles. The fourth-order valence-corrected chi connectivity index (χ4v) is 3.67. The molecule has 0 aromatic heterocycles. The third kappa shape index (κ3) is 6.34. The van der Waals surface area contributed by atoms with E-state index in [1.165, 1.54) is 23.9 Å². The van der Waals surface area contributed by atoms with Gasteiger partial charge >= 0.3 is 5.97 Å². The molecule has 0 bridgehead atoms. The second-order valence-electron chi connectivity index (χ2n) is 6.66. The molecule has 31 heavy (non-hydrogen) atoms. The van der Waals surface area contributed by atoms with Crippen LogP contribution in [0.25, 0.3) is 0 Å². The molecule has 0 unspecified atom stereocenters. The van der Waals surface area contributed by atoms with Crippen LogP contribution in [0.15, 0.2) is 71.6 Å². The van der Waals surface area contributed by atoms with Crippen molar-refractivity contribution >= 4 is 52.5 Å². The summed E-state index contributed by atoms with van der Waals surface area (Å²) in [5.74, 6) is -1.47. The number of benzene rings is 3. The number of carboxylic acids is 1. The second-order valence-corrected chi connectivity index (χ2v) is 8.15. The van der Waals surface area contributed by atoms with Gasteiger partial charge < -0.3 is 15.7 Å². The van der Waals surface area contributed by atoms with E-state index >= 15 is 0 Å². The summed E-state index contributed by atoms with van der Waals surface area (Å²) in [5, 5.41) is 15.1. The smallest absolute Gasteiger partial charge is 0.335 e. The maximum Gasteiger partial charge on any atom is 0.335 e. The molecule has 0 aliphatic rings. The summed E-state index contributed by atoms with van der Waals surface area (Å²) in [6.45, 7) is 1.79. The Hall–Kier alpha value is -3.29. The molecule has 0 heterocycles. The molecule has 3 aromatic rings. The van der Waals surface area contributed by atoms with Crippen molar-refractivity contribution in [2.75, 3.05) is 16.4 Å². The molecule has 158 valence electrons. The van der Waals surface area contributed by atoms with Crippen molar-refractivity contribution in [3.8, 4) is 0 Å². The number of halogens is 1. The maximum absolute atomic E-state index is 12.4. The number of hydrogen-bond acceptors (Lipinski definition) is 4. The number of hydrogen-bond donors (Lipinski definition) is 3. The lowest BCUT2D eigenvalue weighted by Crippen LogP contribution is -2.15. The average molecular weight is 455 g/mol. The number of carbonyl (C=O) groups excluding carboxylic acids is 2. The number of thioether (sulfide) groups is 1. The molecular formula is C23H19ClN2O4S. The van der Waals surface area contributed by atoms with Crippen LogP contribution in [0.2, 0.25) is 5.02 Å². The van der Waals surface area contributed by atoms with Crippen LogP contribution in [-0.2, 0) is 4.79 Å². The van der Waals surface area contributed by atoms with Crippen LogP contribution in [0.3, 0.4) is 0 Å². The summed E-state index contributed by atoms with van der Waals surface area (Å²) in [7, 11) is 0. The molecule has 0 fully saturated rings. The van der Waals surface area contributed by atoms with Gasteiger partial charge in [0.15, 0.2) is 0 Å². The van der Waals surface area contributed by atoms with Crippen LogP contribution in [-0.4, -0.2) is 28.6 Å². The quantitative estimate of drug-likeness (QED) is 0.419. The first-order chi connectivity index (χ1) is 14.8. The maximum atomic E-state index is 12.4. The van der Waals surface area contributed by atoms with Gasteiger partial charge in [0.1, 0.15) is 0 Å². The molecule has 6 nitrogen and oxygen atoms in total. The first-order valence-electron chi connectivity index (χ1n) is 9.25. The van der Waals surface area contributed by atoms with Crippen molar-refractivity contribution in [2.45, 2.75) is 11.8 Å². The highest BCUT2D eigenvalue weighted by Gasteiger charge is 2.11. The zero-order valence-corrected chi connectivity index (χ0v) is 18.1. The van der Waals surface area contributed by atoms with E-state index in [0.29, 0.717) is 22.0 Å². The monoisotopic (exact) mass is 454 g/mol. The molecule has 3 aromatic carbocycles. The average Bonchev–Trinajstić information content (AvgIpc) is 2.74. The Morgan fingerprint density at radius 2 is 1.71 bits per heavy atom. The van der Waals surface area contributed by atoms with Crippen molar-refractivity contribution < 1.29 is 19.5 Å². The highest BCUT2D eigenvalue weighted by atomic mass is 35.5. The number of rotatable bonds is 7. The number of carbonyl (C=O) groups is 3. The fraction of sp³-hybridized carbons (Fsp3) is 0.0870.